The number of rotatable bonds is 4. The molecule has 2 heterocycles. The monoisotopic (exact) mass is 330 g/mol. The molecule has 3 aliphatic rings. The molecule has 1 aliphatic carbocycles. The van der Waals surface area contributed by atoms with E-state index in [1.165, 1.54) is 12.8 Å². The maximum Gasteiger partial charge on any atom is 0.231 e. The van der Waals surface area contributed by atoms with Gasteiger partial charge in [-0.1, -0.05) is 0 Å². The Morgan fingerprint density at radius 3 is 2.79 bits per heavy atom. The second-order valence-corrected chi connectivity index (χ2v) is 6.97. The van der Waals surface area contributed by atoms with Crippen LogP contribution in [0.15, 0.2) is 18.2 Å². The van der Waals surface area contributed by atoms with Crippen LogP contribution in [-0.4, -0.2) is 43.1 Å². The Labute approximate surface area is 141 Å². The van der Waals surface area contributed by atoms with Gasteiger partial charge >= 0.3 is 0 Å². The smallest absolute Gasteiger partial charge is 0.231 e. The molecule has 2 fully saturated rings. The number of benzene rings is 1. The van der Waals surface area contributed by atoms with E-state index in [1.807, 2.05) is 24.1 Å². The molecule has 4 rings (SSSR count). The molecular weight excluding hydrogens is 308 g/mol. The van der Waals surface area contributed by atoms with Crippen molar-refractivity contribution in [2.24, 2.45) is 11.8 Å². The number of nitrogens with zero attached hydrogens (tertiary/aromatic N) is 2. The lowest BCUT2D eigenvalue weighted by Crippen LogP contribution is -2.41. The third-order valence-corrected chi connectivity index (χ3v) is 5.40. The fourth-order valence-electron chi connectivity index (χ4n) is 3.56. The van der Waals surface area contributed by atoms with Crippen LogP contribution in [-0.2, 0) is 9.59 Å². The van der Waals surface area contributed by atoms with Crippen LogP contribution in [0, 0.1) is 11.8 Å². The van der Waals surface area contributed by atoms with E-state index in [4.69, 9.17) is 9.47 Å². The Kier molecular flexibility index (Phi) is 3.62. The molecule has 0 radical (unpaired) electrons. The van der Waals surface area contributed by atoms with Crippen LogP contribution in [0.5, 0.6) is 11.5 Å². The Hall–Kier alpha value is -2.24. The van der Waals surface area contributed by atoms with Crippen LogP contribution < -0.4 is 14.4 Å². The molecule has 128 valence electrons. The predicted molar refractivity (Wildman–Crippen MR) is 88.0 cm³/mol. The zero-order valence-corrected chi connectivity index (χ0v) is 14.0. The summed E-state index contributed by atoms with van der Waals surface area (Å²) in [5.41, 5.74) is 0.762. The van der Waals surface area contributed by atoms with E-state index in [9.17, 15) is 9.59 Å². The normalized spacial score (nSPS) is 23.5. The number of hydrogen-bond donors (Lipinski definition) is 0. The van der Waals surface area contributed by atoms with Crippen molar-refractivity contribution in [2.45, 2.75) is 32.2 Å². The first-order valence-corrected chi connectivity index (χ1v) is 8.51. The topological polar surface area (TPSA) is 59.1 Å². The van der Waals surface area contributed by atoms with Crippen LogP contribution >= 0.6 is 0 Å². The van der Waals surface area contributed by atoms with Crippen molar-refractivity contribution in [3.8, 4) is 11.5 Å². The Bertz CT molecular complexity index is 686. The predicted octanol–water partition coefficient (Wildman–Crippen LogP) is 2.03. The van der Waals surface area contributed by atoms with Gasteiger partial charge in [0.2, 0.25) is 18.6 Å². The molecule has 2 aliphatic heterocycles. The third kappa shape index (κ3) is 2.60. The van der Waals surface area contributed by atoms with Gasteiger partial charge in [-0.15, -0.1) is 0 Å². The van der Waals surface area contributed by atoms with Crippen LogP contribution in [0.1, 0.15) is 26.2 Å². The molecule has 0 N–H and O–H groups in total. The summed E-state index contributed by atoms with van der Waals surface area (Å²) < 4.78 is 10.7. The Morgan fingerprint density at radius 2 is 2.04 bits per heavy atom. The van der Waals surface area contributed by atoms with Crippen LogP contribution in [0.2, 0.25) is 0 Å². The maximum absolute atomic E-state index is 12.7. The average Bonchev–Trinajstić information content (AvgIpc) is 3.20. The highest BCUT2D eigenvalue weighted by molar-refractivity contribution is 6.00. The first-order valence-electron chi connectivity index (χ1n) is 8.51. The zero-order valence-electron chi connectivity index (χ0n) is 14.0. The number of hydrogen-bond acceptors (Lipinski definition) is 4. The van der Waals surface area contributed by atoms with E-state index in [2.05, 4.69) is 6.92 Å². The van der Waals surface area contributed by atoms with Gasteiger partial charge in [0.15, 0.2) is 11.5 Å². The van der Waals surface area contributed by atoms with Crippen LogP contribution in [0.3, 0.4) is 0 Å². The van der Waals surface area contributed by atoms with Crippen LogP contribution in [0.4, 0.5) is 5.69 Å². The highest BCUT2D eigenvalue weighted by Gasteiger charge is 2.40. The van der Waals surface area contributed by atoms with E-state index >= 15 is 0 Å². The molecule has 0 unspecified atom stereocenters. The molecule has 0 spiro atoms. The minimum Gasteiger partial charge on any atom is -0.454 e. The second kappa shape index (κ2) is 5.69. The highest BCUT2D eigenvalue weighted by atomic mass is 16.7. The van der Waals surface area contributed by atoms with Gasteiger partial charge < -0.3 is 19.3 Å². The van der Waals surface area contributed by atoms with Crippen molar-refractivity contribution in [2.75, 3.05) is 25.3 Å². The lowest BCUT2D eigenvalue weighted by Gasteiger charge is -2.27. The van der Waals surface area contributed by atoms with Gasteiger partial charge in [-0.2, -0.15) is 0 Å². The molecule has 2 amide bonds. The summed E-state index contributed by atoms with van der Waals surface area (Å²) in [5, 5.41) is 0. The van der Waals surface area contributed by atoms with Gasteiger partial charge in [-0.25, -0.2) is 0 Å². The standard InChI is InChI=1S/C18H22N2O4/c1-11(12-3-4-12)19(2)18(22)13-7-17(21)20(9-13)14-5-6-15-16(8-14)24-10-23-15/h5-6,8,11-13H,3-4,7,9-10H2,1-2H3/t11-,13+/m0/s1. The van der Waals surface area contributed by atoms with Crippen molar-refractivity contribution < 1.29 is 19.1 Å². The summed E-state index contributed by atoms with van der Waals surface area (Å²) in [5.74, 6) is 1.76. The van der Waals surface area contributed by atoms with Gasteiger partial charge in [0.1, 0.15) is 0 Å². The average molecular weight is 330 g/mol. The molecular formula is C18H22N2O4. The summed E-state index contributed by atoms with van der Waals surface area (Å²) in [4.78, 5) is 28.7. The highest BCUT2D eigenvalue weighted by Crippen LogP contribution is 2.38. The van der Waals surface area contributed by atoms with Crippen molar-refractivity contribution in [1.82, 2.24) is 4.90 Å². The van der Waals surface area contributed by atoms with E-state index in [0.29, 0.717) is 24.0 Å². The molecule has 6 heteroatoms. The molecule has 1 aromatic rings. The summed E-state index contributed by atoms with van der Waals surface area (Å²) in [6.07, 6.45) is 2.67. The Balaban J connectivity index is 1.47. The summed E-state index contributed by atoms with van der Waals surface area (Å²) in [7, 11) is 1.86. The fourth-order valence-corrected chi connectivity index (χ4v) is 3.56. The first-order chi connectivity index (χ1) is 11.5. The van der Waals surface area contributed by atoms with Gasteiger partial charge in [0, 0.05) is 37.8 Å². The zero-order chi connectivity index (χ0) is 16.8. The van der Waals surface area contributed by atoms with Crippen molar-refractivity contribution in [1.29, 1.82) is 0 Å². The molecule has 1 saturated carbocycles. The second-order valence-electron chi connectivity index (χ2n) is 6.97. The number of ether oxygens (including phenoxy) is 2. The molecule has 6 nitrogen and oxygen atoms in total. The first kappa shape index (κ1) is 15.3. The number of carbonyl (C=O) groups is 2. The molecule has 0 aromatic heterocycles. The summed E-state index contributed by atoms with van der Waals surface area (Å²) in [6, 6.07) is 5.71. The molecule has 1 aromatic carbocycles. The van der Waals surface area contributed by atoms with E-state index in [0.717, 1.165) is 5.69 Å². The quantitative estimate of drug-likeness (QED) is 0.847. The van der Waals surface area contributed by atoms with Crippen LogP contribution in [0.25, 0.3) is 0 Å². The lowest BCUT2D eigenvalue weighted by atomic mass is 10.1. The summed E-state index contributed by atoms with van der Waals surface area (Å²) >= 11 is 0. The van der Waals surface area contributed by atoms with E-state index in [1.54, 1.807) is 11.0 Å². The number of anilines is 1. The fraction of sp³-hybridized carbons (Fsp3) is 0.556. The molecule has 2 atom stereocenters. The van der Waals surface area contributed by atoms with Crippen molar-refractivity contribution in [3.05, 3.63) is 18.2 Å². The molecule has 0 bridgehead atoms. The summed E-state index contributed by atoms with van der Waals surface area (Å²) in [6.45, 7) is 2.73. The molecule has 24 heavy (non-hydrogen) atoms. The van der Waals surface area contributed by atoms with Gasteiger partial charge in [0.25, 0.3) is 0 Å². The van der Waals surface area contributed by atoms with E-state index < -0.39 is 0 Å². The number of fused-ring (bicyclic) bond motifs is 1. The lowest BCUT2D eigenvalue weighted by molar-refractivity contribution is -0.136. The maximum atomic E-state index is 12.7. The van der Waals surface area contributed by atoms with E-state index in [-0.39, 0.29) is 37.0 Å². The van der Waals surface area contributed by atoms with Crippen molar-refractivity contribution in [3.63, 3.8) is 0 Å². The minimum atomic E-state index is -0.269. The molecule has 1 saturated heterocycles. The SMILES string of the molecule is C[C@@H](C1CC1)N(C)C(=O)[C@@H]1CC(=O)N(c2ccc3c(c2)OCO3)C1. The van der Waals surface area contributed by atoms with Crippen molar-refractivity contribution >= 4 is 17.5 Å². The van der Waals surface area contributed by atoms with Gasteiger partial charge in [-0.05, 0) is 37.8 Å². The van der Waals surface area contributed by atoms with Gasteiger partial charge in [-0.3, -0.25) is 9.59 Å². The number of carbonyl (C=O) groups excluding carboxylic acids is 2. The minimum absolute atomic E-state index is 0.0142. The van der Waals surface area contributed by atoms with Gasteiger partial charge in [0.05, 0.1) is 5.92 Å². The number of amides is 2. The largest absolute Gasteiger partial charge is 0.454 e. The Morgan fingerprint density at radius 1 is 1.29 bits per heavy atom. The third-order valence-electron chi connectivity index (χ3n) is 5.40.